The lowest BCUT2D eigenvalue weighted by Gasteiger charge is -2.07. The molecule has 0 aliphatic heterocycles. The maximum Gasteiger partial charge on any atom is 0.229 e. The van der Waals surface area contributed by atoms with Crippen molar-refractivity contribution in [2.24, 2.45) is 0 Å². The minimum atomic E-state index is 0.560. The third-order valence-electron chi connectivity index (χ3n) is 1.78. The minimum Gasteiger partial charge on any atom is -0.492 e. The fourth-order valence-electron chi connectivity index (χ4n) is 1.16. The molecule has 0 bridgehead atoms. The fourth-order valence-corrected chi connectivity index (χ4v) is 1.78. The molecule has 0 aliphatic carbocycles. The molecule has 1 aromatic carbocycles. The van der Waals surface area contributed by atoms with E-state index in [1.807, 2.05) is 19.1 Å². The summed E-state index contributed by atoms with van der Waals surface area (Å²) in [5, 5.41) is 11.5. The van der Waals surface area contributed by atoms with Crippen molar-refractivity contribution in [2.75, 3.05) is 11.9 Å². The lowest BCUT2D eigenvalue weighted by molar-refractivity contribution is 0.340. The Morgan fingerprint density at radius 2 is 2.38 bits per heavy atom. The van der Waals surface area contributed by atoms with Crippen LogP contribution in [0.4, 0.5) is 10.8 Å². The average Bonchev–Trinajstić information content (AvgIpc) is 2.75. The number of anilines is 2. The number of hydrogen-bond acceptors (Lipinski definition) is 6. The maximum absolute atomic E-state index is 6.04. The molecule has 0 radical (unpaired) electrons. The number of halogens is 1. The second kappa shape index (κ2) is 5.09. The second-order valence-corrected chi connectivity index (χ2v) is 4.01. The minimum absolute atomic E-state index is 0.560. The molecule has 1 aromatic heterocycles. The van der Waals surface area contributed by atoms with Gasteiger partial charge in [-0.05, 0) is 30.3 Å². The third-order valence-corrected chi connectivity index (χ3v) is 2.59. The van der Waals surface area contributed by atoms with Crippen molar-refractivity contribution >= 4 is 34.0 Å². The molecule has 1 N–H and O–H groups in total. The zero-order valence-corrected chi connectivity index (χ0v) is 10.0. The summed E-state index contributed by atoms with van der Waals surface area (Å²) < 4.78 is 8.98. The van der Waals surface area contributed by atoms with Crippen molar-refractivity contribution in [3.05, 3.63) is 23.2 Å². The smallest absolute Gasteiger partial charge is 0.229 e. The van der Waals surface area contributed by atoms with Crippen molar-refractivity contribution < 1.29 is 4.74 Å². The molecule has 84 valence electrons. The van der Waals surface area contributed by atoms with Gasteiger partial charge < -0.3 is 10.1 Å². The number of rotatable bonds is 4. The number of aromatic nitrogens is 3. The fraction of sp³-hybridized carbons (Fsp3) is 0.222. The Morgan fingerprint density at radius 3 is 3.00 bits per heavy atom. The Morgan fingerprint density at radius 1 is 1.50 bits per heavy atom. The van der Waals surface area contributed by atoms with Gasteiger partial charge in [0.05, 0.1) is 11.6 Å². The molecule has 5 nitrogen and oxygen atoms in total. The van der Waals surface area contributed by atoms with E-state index in [2.05, 4.69) is 20.1 Å². The lowest BCUT2D eigenvalue weighted by Crippen LogP contribution is -1.94. The van der Waals surface area contributed by atoms with Crippen molar-refractivity contribution in [2.45, 2.75) is 6.92 Å². The van der Waals surface area contributed by atoms with Gasteiger partial charge in [0.25, 0.3) is 0 Å². The highest BCUT2D eigenvalue weighted by Gasteiger charge is 2.04. The van der Waals surface area contributed by atoms with Gasteiger partial charge in [0.15, 0.2) is 0 Å². The zero-order chi connectivity index (χ0) is 11.4. The van der Waals surface area contributed by atoms with Gasteiger partial charge in [0.1, 0.15) is 5.75 Å². The molecule has 0 saturated heterocycles. The Kier molecular flexibility index (Phi) is 3.53. The highest BCUT2D eigenvalue weighted by Crippen LogP contribution is 2.29. The van der Waals surface area contributed by atoms with Gasteiger partial charge >= 0.3 is 0 Å². The molecule has 7 heteroatoms. The van der Waals surface area contributed by atoms with Crippen LogP contribution in [0, 0.1) is 0 Å². The third kappa shape index (κ3) is 2.59. The molecule has 16 heavy (non-hydrogen) atoms. The van der Waals surface area contributed by atoms with Gasteiger partial charge in [-0.3, -0.25) is 0 Å². The first-order chi connectivity index (χ1) is 7.79. The first kappa shape index (κ1) is 11.1. The van der Waals surface area contributed by atoms with Crippen molar-refractivity contribution in [3.8, 4) is 5.75 Å². The Bertz CT molecular complexity index is 463. The van der Waals surface area contributed by atoms with Crippen LogP contribution >= 0.6 is 23.1 Å². The normalized spacial score (nSPS) is 10.1. The molecule has 1 heterocycles. The molecule has 0 atom stereocenters. The van der Waals surface area contributed by atoms with Gasteiger partial charge in [0.2, 0.25) is 5.13 Å². The Labute approximate surface area is 102 Å². The highest BCUT2D eigenvalue weighted by atomic mass is 35.5. The van der Waals surface area contributed by atoms with Gasteiger partial charge in [-0.2, -0.15) is 0 Å². The van der Waals surface area contributed by atoms with E-state index in [9.17, 15) is 0 Å². The number of nitrogens with one attached hydrogen (secondary N) is 1. The first-order valence-electron chi connectivity index (χ1n) is 4.64. The molecular weight excluding hydrogens is 248 g/mol. The molecule has 2 aromatic rings. The molecule has 0 aliphatic rings. The van der Waals surface area contributed by atoms with Crippen LogP contribution < -0.4 is 10.1 Å². The highest BCUT2D eigenvalue weighted by molar-refractivity contribution is 7.09. The molecule has 0 spiro atoms. The largest absolute Gasteiger partial charge is 0.492 e. The van der Waals surface area contributed by atoms with Crippen LogP contribution in [0.15, 0.2) is 18.2 Å². The monoisotopic (exact) mass is 256 g/mol. The topological polar surface area (TPSA) is 59.9 Å². The summed E-state index contributed by atoms with van der Waals surface area (Å²) in [5.74, 6) is 0.671. The second-order valence-electron chi connectivity index (χ2n) is 2.87. The summed E-state index contributed by atoms with van der Waals surface area (Å²) in [6.07, 6.45) is 0. The van der Waals surface area contributed by atoms with E-state index < -0.39 is 0 Å². The Hall–Kier alpha value is -1.40. The van der Waals surface area contributed by atoms with Crippen molar-refractivity contribution in [3.63, 3.8) is 0 Å². The van der Waals surface area contributed by atoms with Crippen LogP contribution in [-0.4, -0.2) is 21.4 Å². The van der Waals surface area contributed by atoms with Crippen LogP contribution in [-0.2, 0) is 0 Å². The van der Waals surface area contributed by atoms with Crippen LogP contribution in [0.3, 0.4) is 0 Å². The van der Waals surface area contributed by atoms with E-state index in [0.717, 1.165) is 5.69 Å². The molecule has 0 amide bonds. The lowest BCUT2D eigenvalue weighted by atomic mass is 10.3. The standard InChI is InChI=1S/C9H9ClN4OS/c1-2-15-8-4-3-6(5-7(8)10)11-9-12-13-14-16-9/h3-5H,2H2,1H3,(H,11,12,14). The summed E-state index contributed by atoms with van der Waals surface area (Å²) in [6.45, 7) is 2.50. The van der Waals surface area contributed by atoms with E-state index in [1.165, 1.54) is 11.5 Å². The van der Waals surface area contributed by atoms with E-state index in [1.54, 1.807) is 6.07 Å². The average molecular weight is 257 g/mol. The van der Waals surface area contributed by atoms with Crippen LogP contribution in [0.1, 0.15) is 6.92 Å². The number of ether oxygens (including phenoxy) is 1. The zero-order valence-electron chi connectivity index (χ0n) is 8.48. The van der Waals surface area contributed by atoms with Gasteiger partial charge in [-0.25, -0.2) is 0 Å². The predicted octanol–water partition coefficient (Wildman–Crippen LogP) is 2.73. The molecule has 2 rings (SSSR count). The first-order valence-corrected chi connectivity index (χ1v) is 5.79. The van der Waals surface area contributed by atoms with Crippen LogP contribution in [0.5, 0.6) is 5.75 Å². The molecular formula is C9H9ClN4OS. The number of hydrogen-bond donors (Lipinski definition) is 1. The predicted molar refractivity (Wildman–Crippen MR) is 63.6 cm³/mol. The number of nitrogens with zero attached hydrogens (tertiary/aromatic N) is 3. The van der Waals surface area contributed by atoms with E-state index in [4.69, 9.17) is 16.3 Å². The Balaban J connectivity index is 2.15. The van der Waals surface area contributed by atoms with E-state index in [0.29, 0.717) is 22.5 Å². The summed E-state index contributed by atoms with van der Waals surface area (Å²) in [4.78, 5) is 0. The summed E-state index contributed by atoms with van der Waals surface area (Å²) in [7, 11) is 0. The summed E-state index contributed by atoms with van der Waals surface area (Å²) in [5.41, 5.74) is 0.826. The number of benzene rings is 1. The molecule has 0 saturated carbocycles. The van der Waals surface area contributed by atoms with Crippen LogP contribution in [0.2, 0.25) is 5.02 Å². The summed E-state index contributed by atoms with van der Waals surface area (Å²) >= 11 is 7.22. The maximum atomic E-state index is 6.04. The van der Waals surface area contributed by atoms with Crippen LogP contribution in [0.25, 0.3) is 0 Å². The van der Waals surface area contributed by atoms with E-state index >= 15 is 0 Å². The molecule has 0 unspecified atom stereocenters. The van der Waals surface area contributed by atoms with Crippen molar-refractivity contribution in [1.29, 1.82) is 0 Å². The summed E-state index contributed by atoms with van der Waals surface area (Å²) in [6, 6.07) is 5.44. The van der Waals surface area contributed by atoms with Crippen molar-refractivity contribution in [1.82, 2.24) is 14.8 Å². The van der Waals surface area contributed by atoms with E-state index in [-0.39, 0.29) is 0 Å². The van der Waals surface area contributed by atoms with Gasteiger partial charge in [-0.15, -0.1) is 0 Å². The SMILES string of the molecule is CCOc1ccc(Nc2nnns2)cc1Cl. The molecule has 0 fully saturated rings. The van der Waals surface area contributed by atoms with Gasteiger partial charge in [0, 0.05) is 17.2 Å². The quantitative estimate of drug-likeness (QED) is 0.911. The van der Waals surface area contributed by atoms with Gasteiger partial charge in [-0.1, -0.05) is 21.2 Å².